The Morgan fingerprint density at radius 3 is 2.88 bits per heavy atom. The number of rotatable bonds is 3. The molecular weight excluding hydrogens is 418 g/mol. The van der Waals surface area contributed by atoms with Crippen molar-refractivity contribution in [2.75, 3.05) is 31.7 Å². The number of ether oxygens (including phenoxy) is 3. The van der Waals surface area contributed by atoms with Gasteiger partial charge in [-0.15, -0.1) is 0 Å². The average molecular weight is 441 g/mol. The standard InChI is InChI=1S/C26H23N3O4/c30-25(23-15-32-21-3-1-2-4-22(21)33-23)24-18-13-17(16-7-11-31-12-8-16)5-6-20(18)29-26-19(24)14-27-9-10-28-26/h1-7,9-10,13,23-24,29H,8,11-12,14-15H2/t23-,24?/m1/s1. The molecule has 1 unspecified atom stereocenters. The van der Waals surface area contributed by atoms with Gasteiger partial charge in [-0.05, 0) is 47.4 Å². The van der Waals surface area contributed by atoms with Crippen LogP contribution in [-0.4, -0.2) is 50.7 Å². The van der Waals surface area contributed by atoms with E-state index in [-0.39, 0.29) is 12.4 Å². The quantitative estimate of drug-likeness (QED) is 0.784. The van der Waals surface area contributed by atoms with Crippen molar-refractivity contribution >= 4 is 29.5 Å². The molecule has 0 fully saturated rings. The Kier molecular flexibility index (Phi) is 5.03. The smallest absolute Gasteiger partial charge is 0.191 e. The predicted molar refractivity (Wildman–Crippen MR) is 126 cm³/mol. The minimum atomic E-state index is -0.716. The summed E-state index contributed by atoms with van der Waals surface area (Å²) in [5.74, 6) is 1.34. The number of carbonyl (C=O) groups is 1. The summed E-state index contributed by atoms with van der Waals surface area (Å²) in [6.07, 6.45) is 5.56. The number of nitrogens with zero attached hydrogens (tertiary/aromatic N) is 2. The molecule has 0 amide bonds. The number of fused-ring (bicyclic) bond motifs is 2. The van der Waals surface area contributed by atoms with Gasteiger partial charge in [-0.3, -0.25) is 9.79 Å². The lowest BCUT2D eigenvalue weighted by atomic mass is 9.80. The number of Topliss-reactive ketones (excluding diaryl/α,β-unsaturated/α-hetero) is 1. The van der Waals surface area contributed by atoms with E-state index in [9.17, 15) is 4.79 Å². The molecule has 6 rings (SSSR count). The number of hydrogen-bond acceptors (Lipinski definition) is 7. The number of carbonyl (C=O) groups excluding carboxylic acids is 1. The van der Waals surface area contributed by atoms with Crippen LogP contribution in [0, 0.1) is 0 Å². The Morgan fingerprint density at radius 2 is 2.00 bits per heavy atom. The Morgan fingerprint density at radius 1 is 1.09 bits per heavy atom. The molecule has 0 aliphatic carbocycles. The summed E-state index contributed by atoms with van der Waals surface area (Å²) in [7, 11) is 0. The second-order valence-electron chi connectivity index (χ2n) is 8.32. The van der Waals surface area contributed by atoms with Gasteiger partial charge in [-0.2, -0.15) is 0 Å². The highest BCUT2D eigenvalue weighted by atomic mass is 16.6. The van der Waals surface area contributed by atoms with E-state index in [1.165, 1.54) is 5.57 Å². The summed E-state index contributed by atoms with van der Waals surface area (Å²) in [4.78, 5) is 22.9. The van der Waals surface area contributed by atoms with Crippen LogP contribution in [0.5, 0.6) is 11.5 Å². The van der Waals surface area contributed by atoms with Gasteiger partial charge in [0.1, 0.15) is 12.4 Å². The van der Waals surface area contributed by atoms with Gasteiger partial charge in [0.2, 0.25) is 0 Å². The third-order valence-electron chi connectivity index (χ3n) is 6.35. The third-order valence-corrected chi connectivity index (χ3v) is 6.35. The van der Waals surface area contributed by atoms with Crippen LogP contribution in [0.1, 0.15) is 23.5 Å². The first-order chi connectivity index (χ1) is 16.3. The molecule has 33 heavy (non-hydrogen) atoms. The lowest BCUT2D eigenvalue weighted by Crippen LogP contribution is -2.41. The van der Waals surface area contributed by atoms with Crippen LogP contribution in [0.3, 0.4) is 0 Å². The zero-order valence-electron chi connectivity index (χ0n) is 18.0. The van der Waals surface area contributed by atoms with Crippen molar-refractivity contribution in [3.05, 3.63) is 71.1 Å². The van der Waals surface area contributed by atoms with Gasteiger partial charge in [0.25, 0.3) is 0 Å². The fourth-order valence-electron chi connectivity index (χ4n) is 4.69. The third kappa shape index (κ3) is 3.64. The molecule has 0 radical (unpaired) electrons. The Bertz CT molecular complexity index is 1240. The monoisotopic (exact) mass is 441 g/mol. The van der Waals surface area contributed by atoms with Crippen LogP contribution in [-0.2, 0) is 9.53 Å². The van der Waals surface area contributed by atoms with Crippen LogP contribution >= 0.6 is 0 Å². The number of anilines is 1. The van der Waals surface area contributed by atoms with Gasteiger partial charge in [0, 0.05) is 23.7 Å². The van der Waals surface area contributed by atoms with Gasteiger partial charge in [-0.1, -0.05) is 24.3 Å². The Balaban J connectivity index is 1.41. The van der Waals surface area contributed by atoms with Crippen LogP contribution in [0.25, 0.3) is 5.57 Å². The minimum Gasteiger partial charge on any atom is -0.485 e. The molecule has 2 aromatic rings. The normalized spacial score (nSPS) is 23.1. The number of para-hydroxylation sites is 2. The summed E-state index contributed by atoms with van der Waals surface area (Å²) in [6, 6.07) is 13.7. The van der Waals surface area contributed by atoms with Gasteiger partial charge < -0.3 is 19.5 Å². The van der Waals surface area contributed by atoms with Crippen LogP contribution < -0.4 is 14.8 Å². The number of hydrogen-bond donors (Lipinski definition) is 1. The first kappa shape index (κ1) is 19.9. The van der Waals surface area contributed by atoms with E-state index in [1.807, 2.05) is 30.3 Å². The summed E-state index contributed by atoms with van der Waals surface area (Å²) in [5, 5.41) is 3.41. The molecule has 0 bridgehead atoms. The molecular formula is C26H23N3O4. The van der Waals surface area contributed by atoms with Gasteiger partial charge >= 0.3 is 0 Å². The summed E-state index contributed by atoms with van der Waals surface area (Å²) in [6.45, 7) is 1.88. The van der Waals surface area contributed by atoms with Crippen molar-refractivity contribution in [1.29, 1.82) is 0 Å². The molecule has 1 N–H and O–H groups in total. The molecule has 4 heterocycles. The molecule has 4 aliphatic rings. The summed E-state index contributed by atoms with van der Waals surface area (Å²) >= 11 is 0. The molecule has 7 heteroatoms. The number of ketones is 1. The second kappa shape index (κ2) is 8.33. The summed E-state index contributed by atoms with van der Waals surface area (Å²) < 4.78 is 17.4. The van der Waals surface area contributed by atoms with Crippen molar-refractivity contribution in [1.82, 2.24) is 0 Å². The Hall–Kier alpha value is -3.71. The number of benzene rings is 2. The van der Waals surface area contributed by atoms with E-state index in [2.05, 4.69) is 33.5 Å². The van der Waals surface area contributed by atoms with E-state index in [4.69, 9.17) is 14.2 Å². The van der Waals surface area contributed by atoms with E-state index >= 15 is 0 Å². The van der Waals surface area contributed by atoms with E-state index in [1.54, 1.807) is 12.4 Å². The van der Waals surface area contributed by atoms with Crippen LogP contribution in [0.15, 0.2) is 69.9 Å². The van der Waals surface area contributed by atoms with E-state index in [0.29, 0.717) is 37.1 Å². The predicted octanol–water partition coefficient (Wildman–Crippen LogP) is 3.78. The van der Waals surface area contributed by atoms with E-state index < -0.39 is 12.0 Å². The maximum absolute atomic E-state index is 14.0. The lowest BCUT2D eigenvalue weighted by molar-refractivity contribution is -0.128. The van der Waals surface area contributed by atoms with Crippen molar-refractivity contribution in [2.24, 2.45) is 9.98 Å². The molecule has 166 valence electrons. The molecule has 4 aliphatic heterocycles. The highest BCUT2D eigenvalue weighted by molar-refractivity contribution is 6.16. The maximum Gasteiger partial charge on any atom is 0.191 e. The van der Waals surface area contributed by atoms with Crippen molar-refractivity contribution < 1.29 is 19.0 Å². The topological polar surface area (TPSA) is 81.5 Å². The molecule has 7 nitrogen and oxygen atoms in total. The molecule has 2 aromatic carbocycles. The van der Waals surface area contributed by atoms with Crippen molar-refractivity contribution in [2.45, 2.75) is 18.4 Å². The molecule has 0 saturated carbocycles. The fraction of sp³-hybridized carbons (Fsp3) is 0.269. The first-order valence-electron chi connectivity index (χ1n) is 11.1. The van der Waals surface area contributed by atoms with Crippen molar-refractivity contribution in [3.63, 3.8) is 0 Å². The molecule has 0 saturated heterocycles. The number of aliphatic imine (C=N–C) groups is 2. The lowest BCUT2D eigenvalue weighted by Gasteiger charge is -2.33. The fourth-order valence-corrected chi connectivity index (χ4v) is 4.69. The van der Waals surface area contributed by atoms with Gasteiger partial charge in [0.15, 0.2) is 23.4 Å². The SMILES string of the molecule is O=C(C1C2=C(N=CC=NC2)Nc2ccc(C3=CCOCC3)cc21)[C@H]1COc2ccccc2O1. The minimum absolute atomic E-state index is 0.0508. The largest absolute Gasteiger partial charge is 0.485 e. The molecule has 2 atom stereocenters. The van der Waals surface area contributed by atoms with Crippen LogP contribution in [0.2, 0.25) is 0 Å². The highest BCUT2D eigenvalue weighted by Crippen LogP contribution is 2.42. The first-order valence-corrected chi connectivity index (χ1v) is 11.1. The molecule has 0 aromatic heterocycles. The van der Waals surface area contributed by atoms with Crippen LogP contribution in [0.4, 0.5) is 5.69 Å². The average Bonchev–Trinajstić information content (AvgIpc) is 3.12. The van der Waals surface area contributed by atoms with E-state index in [0.717, 1.165) is 28.8 Å². The van der Waals surface area contributed by atoms with Crippen molar-refractivity contribution in [3.8, 4) is 11.5 Å². The van der Waals surface area contributed by atoms with Gasteiger partial charge in [-0.25, -0.2) is 4.99 Å². The number of nitrogens with one attached hydrogen (secondary N) is 1. The highest BCUT2D eigenvalue weighted by Gasteiger charge is 2.40. The maximum atomic E-state index is 14.0. The molecule has 0 spiro atoms. The zero-order chi connectivity index (χ0) is 22.2. The Labute approximate surface area is 191 Å². The van der Waals surface area contributed by atoms with Gasteiger partial charge in [0.05, 0.1) is 25.7 Å². The summed E-state index contributed by atoms with van der Waals surface area (Å²) in [5.41, 5.74) is 4.97. The zero-order valence-corrected chi connectivity index (χ0v) is 18.0. The second-order valence-corrected chi connectivity index (χ2v) is 8.32.